The van der Waals surface area contributed by atoms with Crippen LogP contribution in [0.3, 0.4) is 0 Å². The normalized spacial score (nSPS) is 24.1. The molecule has 0 radical (unpaired) electrons. The maximum Gasteiger partial charge on any atom is 0.324 e. The van der Waals surface area contributed by atoms with E-state index in [2.05, 4.69) is 67.3 Å². The molecule has 6 bridgehead atoms. The van der Waals surface area contributed by atoms with Gasteiger partial charge in [-0.3, -0.25) is 24.4 Å². The highest BCUT2D eigenvalue weighted by molar-refractivity contribution is 7.10. The minimum atomic E-state index is -0.907. The van der Waals surface area contributed by atoms with Crippen molar-refractivity contribution in [1.82, 2.24) is 30.3 Å². The first-order chi connectivity index (χ1) is 26.0. The van der Waals surface area contributed by atoms with Gasteiger partial charge < -0.3 is 24.1 Å². The zero-order chi connectivity index (χ0) is 38.1. The van der Waals surface area contributed by atoms with Crippen LogP contribution in [0.4, 0.5) is 0 Å². The third-order valence-electron chi connectivity index (χ3n) is 11.0. The van der Waals surface area contributed by atoms with Crippen molar-refractivity contribution < 1.29 is 28.6 Å². The van der Waals surface area contributed by atoms with Crippen LogP contribution in [0.25, 0.3) is 33.4 Å². The van der Waals surface area contributed by atoms with Gasteiger partial charge in [-0.25, -0.2) is 10.4 Å². The van der Waals surface area contributed by atoms with Crippen molar-refractivity contribution in [3.63, 3.8) is 0 Å². The van der Waals surface area contributed by atoms with E-state index in [1.165, 1.54) is 16.3 Å². The number of hydrogen-bond acceptors (Lipinski definition) is 10. The third-order valence-corrected chi connectivity index (χ3v) is 11.9. The molecule has 3 aliphatic heterocycles. The van der Waals surface area contributed by atoms with E-state index in [0.717, 1.165) is 62.6 Å². The summed E-state index contributed by atoms with van der Waals surface area (Å²) in [5.41, 5.74) is 9.60. The van der Waals surface area contributed by atoms with Crippen molar-refractivity contribution in [3.05, 3.63) is 58.2 Å². The molecule has 12 nitrogen and oxygen atoms in total. The molecule has 7 rings (SSSR count). The average Bonchev–Trinajstić information content (AvgIpc) is 3.77. The van der Waals surface area contributed by atoms with Crippen molar-refractivity contribution in [3.8, 4) is 22.5 Å². The first-order valence-corrected chi connectivity index (χ1v) is 20.1. The molecule has 54 heavy (non-hydrogen) atoms. The average molecular weight is 757 g/mol. The molecule has 1 aromatic carbocycles. The SMILES string of the molecule is CCn1c(-c2cccnc2[C@H](C)OC)c2c3cc(ccc31)-c1csc(n1)C[C@H](NC(=O)[C@@H]1C[C@@H](C)CCO1)C(=O)N1CCC[C@H](N1)C(=O)OCC(C)(C)C2. The summed E-state index contributed by atoms with van der Waals surface area (Å²) in [6.45, 7) is 12.3. The summed E-state index contributed by atoms with van der Waals surface area (Å²) in [5.74, 6) is -0.681. The van der Waals surface area contributed by atoms with Gasteiger partial charge in [-0.2, -0.15) is 0 Å². The Morgan fingerprint density at radius 1 is 1.22 bits per heavy atom. The Labute approximate surface area is 320 Å². The number of carbonyl (C=O) groups is 3. The molecule has 0 saturated carbocycles. The molecule has 4 aromatic rings. The fraction of sp³-hybridized carbons (Fsp3) is 0.537. The maximum atomic E-state index is 14.2. The first kappa shape index (κ1) is 38.1. The summed E-state index contributed by atoms with van der Waals surface area (Å²) in [6, 6.07) is 8.92. The van der Waals surface area contributed by atoms with E-state index < -0.39 is 29.6 Å². The van der Waals surface area contributed by atoms with E-state index in [0.29, 0.717) is 44.8 Å². The Morgan fingerprint density at radius 2 is 2.06 bits per heavy atom. The number of pyridine rings is 1. The molecule has 288 valence electrons. The quantitative estimate of drug-likeness (QED) is 0.227. The summed E-state index contributed by atoms with van der Waals surface area (Å²) in [6.07, 6.45) is 4.41. The summed E-state index contributed by atoms with van der Waals surface area (Å²) in [7, 11) is 1.70. The fourth-order valence-corrected chi connectivity index (χ4v) is 8.82. The van der Waals surface area contributed by atoms with Gasteiger partial charge in [0.05, 0.1) is 34.8 Å². The number of aromatic nitrogens is 3. The first-order valence-electron chi connectivity index (χ1n) is 19.2. The van der Waals surface area contributed by atoms with Gasteiger partial charge in [0.2, 0.25) is 5.91 Å². The molecule has 2 N–H and O–H groups in total. The molecular weight excluding hydrogens is 705 g/mol. The van der Waals surface area contributed by atoms with Gasteiger partial charge in [0.1, 0.15) is 18.2 Å². The van der Waals surface area contributed by atoms with Crippen LogP contribution in [0, 0.1) is 11.3 Å². The van der Waals surface area contributed by atoms with Crippen molar-refractivity contribution in [2.75, 3.05) is 26.9 Å². The van der Waals surface area contributed by atoms with Crippen molar-refractivity contribution in [1.29, 1.82) is 0 Å². The van der Waals surface area contributed by atoms with Crippen LogP contribution in [0.2, 0.25) is 0 Å². The molecule has 0 aliphatic carbocycles. The standard InChI is InChI=1S/C41H52N6O6S/c1-7-46-33-13-12-26-19-28(33)29(37(46)27-10-8-15-42-36(27)25(3)51-6)21-41(4,5)23-53-40(50)30-11-9-16-47(45-30)39(49)31(20-35-43-32(26)22-54-35)44-38(48)34-18-24(2)14-17-52-34/h8,10,12-13,15,19,22,24-25,30-31,34,45H,7,9,11,14,16-18,20-21,23H2,1-6H3,(H,44,48)/t24-,25-,30-,31-,34-/m0/s1. The molecular formula is C41H52N6O6S. The van der Waals surface area contributed by atoms with Crippen LogP contribution in [0.15, 0.2) is 41.9 Å². The van der Waals surface area contributed by atoms with Crippen LogP contribution in [0.1, 0.15) is 82.7 Å². The van der Waals surface area contributed by atoms with E-state index in [-0.39, 0.29) is 30.9 Å². The lowest BCUT2D eigenvalue weighted by Crippen LogP contribution is -2.61. The number of methoxy groups -OCH3 is 1. The number of fused-ring (bicyclic) bond motifs is 6. The molecule has 2 saturated heterocycles. The van der Waals surface area contributed by atoms with Crippen LogP contribution in [-0.2, 0) is 48.0 Å². The number of esters is 1. The second kappa shape index (κ2) is 15.9. The topological polar surface area (TPSA) is 137 Å². The van der Waals surface area contributed by atoms with Gasteiger partial charge in [-0.15, -0.1) is 11.3 Å². The zero-order valence-corrected chi connectivity index (χ0v) is 33.0. The van der Waals surface area contributed by atoms with Crippen LogP contribution in [0.5, 0.6) is 0 Å². The molecule has 2 fully saturated rings. The van der Waals surface area contributed by atoms with Crippen molar-refractivity contribution >= 4 is 40.0 Å². The number of rotatable bonds is 6. The number of carbonyl (C=O) groups excluding carboxylic acids is 3. The molecule has 0 unspecified atom stereocenters. The molecule has 3 aliphatic rings. The van der Waals surface area contributed by atoms with Gasteiger partial charge in [0.25, 0.3) is 5.91 Å². The number of hydrazine groups is 1. The van der Waals surface area contributed by atoms with Crippen LogP contribution < -0.4 is 10.7 Å². The Bertz CT molecular complexity index is 2020. The Hall–Kier alpha value is -4.17. The second-order valence-electron chi connectivity index (χ2n) is 15.8. The predicted molar refractivity (Wildman–Crippen MR) is 207 cm³/mol. The van der Waals surface area contributed by atoms with E-state index in [4.69, 9.17) is 24.2 Å². The fourth-order valence-electron chi connectivity index (χ4n) is 7.97. The lowest BCUT2D eigenvalue weighted by atomic mass is 9.84. The smallest absolute Gasteiger partial charge is 0.324 e. The number of hydrogen-bond donors (Lipinski definition) is 2. The highest BCUT2D eigenvalue weighted by Gasteiger charge is 2.37. The van der Waals surface area contributed by atoms with E-state index >= 15 is 0 Å². The number of aryl methyl sites for hydroxylation is 1. The van der Waals surface area contributed by atoms with Crippen molar-refractivity contribution in [2.24, 2.45) is 11.3 Å². The molecule has 5 atom stereocenters. The van der Waals surface area contributed by atoms with E-state index in [1.54, 1.807) is 13.3 Å². The highest BCUT2D eigenvalue weighted by atomic mass is 32.1. The Balaban J connectivity index is 1.33. The summed E-state index contributed by atoms with van der Waals surface area (Å²) in [5, 5.41) is 8.31. The number of nitrogens with one attached hydrogen (secondary N) is 2. The minimum Gasteiger partial charge on any atom is -0.464 e. The van der Waals surface area contributed by atoms with Gasteiger partial charge >= 0.3 is 5.97 Å². The highest BCUT2D eigenvalue weighted by Crippen LogP contribution is 2.42. The van der Waals surface area contributed by atoms with Gasteiger partial charge in [-0.1, -0.05) is 26.8 Å². The second-order valence-corrected chi connectivity index (χ2v) is 16.7. The van der Waals surface area contributed by atoms with Gasteiger partial charge in [-0.05, 0) is 81.7 Å². The lowest BCUT2D eigenvalue weighted by molar-refractivity contribution is -0.156. The number of benzene rings is 1. The number of amides is 2. The summed E-state index contributed by atoms with van der Waals surface area (Å²) in [4.78, 5) is 51.2. The molecule has 3 aromatic heterocycles. The van der Waals surface area contributed by atoms with E-state index in [9.17, 15) is 14.4 Å². The monoisotopic (exact) mass is 756 g/mol. The molecule has 6 heterocycles. The number of nitrogens with zero attached hydrogens (tertiary/aromatic N) is 4. The molecule has 13 heteroatoms. The van der Waals surface area contributed by atoms with Gasteiger partial charge in [0, 0.05) is 72.2 Å². The maximum absolute atomic E-state index is 14.2. The Kier molecular flexibility index (Phi) is 11.2. The number of thiazole rings is 1. The zero-order valence-electron chi connectivity index (χ0n) is 32.1. The third kappa shape index (κ3) is 7.82. The molecule has 2 amide bonds. The molecule has 0 spiro atoms. The Morgan fingerprint density at radius 3 is 2.83 bits per heavy atom. The minimum absolute atomic E-state index is 0.179. The number of ether oxygens (including phenoxy) is 3. The van der Waals surface area contributed by atoms with Crippen LogP contribution in [-0.4, -0.2) is 82.4 Å². The predicted octanol–water partition coefficient (Wildman–Crippen LogP) is 6.02. The number of cyclic esters (lactones) is 1. The van der Waals surface area contributed by atoms with Gasteiger partial charge in [0.15, 0.2) is 0 Å². The summed E-state index contributed by atoms with van der Waals surface area (Å²) < 4.78 is 20.0. The largest absolute Gasteiger partial charge is 0.464 e. The van der Waals surface area contributed by atoms with Crippen LogP contribution >= 0.6 is 11.3 Å². The van der Waals surface area contributed by atoms with E-state index in [1.807, 2.05) is 18.4 Å². The summed E-state index contributed by atoms with van der Waals surface area (Å²) >= 11 is 1.47. The van der Waals surface area contributed by atoms with Crippen molar-refractivity contribution in [2.45, 2.75) is 104 Å². The lowest BCUT2D eigenvalue weighted by Gasteiger charge is -2.36.